The van der Waals surface area contributed by atoms with Gasteiger partial charge in [0.2, 0.25) is 0 Å². The molecule has 0 spiro atoms. The van der Waals surface area contributed by atoms with Crippen molar-refractivity contribution < 1.29 is 4.52 Å². The molecule has 2 aromatic heterocycles. The first-order chi connectivity index (χ1) is 6.81. The Morgan fingerprint density at radius 1 is 1.29 bits per heavy atom. The third-order valence-corrected chi connectivity index (χ3v) is 1.97. The number of hydrogen-bond acceptors (Lipinski definition) is 4. The van der Waals surface area contributed by atoms with E-state index in [0.29, 0.717) is 5.76 Å². The molecule has 0 saturated heterocycles. The van der Waals surface area contributed by atoms with Crippen LogP contribution in [-0.4, -0.2) is 15.1 Å². The molecule has 0 unspecified atom stereocenters. The third-order valence-electron chi connectivity index (χ3n) is 1.97. The molecule has 0 aliphatic carbocycles. The molecule has 0 radical (unpaired) electrons. The molecular formula is C10H11N3O. The Hall–Kier alpha value is -1.71. The fourth-order valence-electron chi connectivity index (χ4n) is 1.31. The summed E-state index contributed by atoms with van der Waals surface area (Å²) in [5.74, 6) is 0.687. The highest BCUT2D eigenvalue weighted by Crippen LogP contribution is 2.20. The zero-order chi connectivity index (χ0) is 9.97. The van der Waals surface area contributed by atoms with Crippen LogP contribution in [0.15, 0.2) is 23.0 Å². The van der Waals surface area contributed by atoms with Crippen LogP contribution >= 0.6 is 0 Å². The highest BCUT2D eigenvalue weighted by Gasteiger charge is 2.10. The molecule has 2 rings (SSSR count). The largest absolute Gasteiger partial charge is 0.354 e. The van der Waals surface area contributed by atoms with Crippen LogP contribution in [0.1, 0.15) is 18.3 Å². The first-order valence-corrected chi connectivity index (χ1v) is 4.55. The van der Waals surface area contributed by atoms with Gasteiger partial charge in [-0.2, -0.15) is 0 Å². The second-order valence-electron chi connectivity index (χ2n) is 3.04. The lowest BCUT2D eigenvalue weighted by molar-refractivity contribution is 0.425. The number of rotatable bonds is 2. The fraction of sp³-hybridized carbons (Fsp3) is 0.300. The van der Waals surface area contributed by atoms with E-state index in [4.69, 9.17) is 4.52 Å². The SMILES string of the molecule is CCc1nccnc1-c1cc(C)no1. The molecule has 4 heteroatoms. The third kappa shape index (κ3) is 1.51. The van der Waals surface area contributed by atoms with Crippen molar-refractivity contribution in [2.75, 3.05) is 0 Å². The van der Waals surface area contributed by atoms with Crippen molar-refractivity contribution in [1.29, 1.82) is 0 Å². The molecule has 14 heavy (non-hydrogen) atoms. The molecule has 0 atom stereocenters. The monoisotopic (exact) mass is 189 g/mol. The molecule has 2 aromatic rings. The second-order valence-corrected chi connectivity index (χ2v) is 3.04. The minimum atomic E-state index is 0.687. The van der Waals surface area contributed by atoms with E-state index in [1.165, 1.54) is 0 Å². The Balaban J connectivity index is 2.50. The van der Waals surface area contributed by atoms with Crippen molar-refractivity contribution in [2.24, 2.45) is 0 Å². The Morgan fingerprint density at radius 3 is 2.71 bits per heavy atom. The van der Waals surface area contributed by atoms with E-state index in [2.05, 4.69) is 15.1 Å². The average Bonchev–Trinajstić information content (AvgIpc) is 2.65. The molecule has 72 valence electrons. The lowest BCUT2D eigenvalue weighted by Crippen LogP contribution is -1.93. The Labute approximate surface area is 82.0 Å². The van der Waals surface area contributed by atoms with Gasteiger partial charge >= 0.3 is 0 Å². The average molecular weight is 189 g/mol. The molecule has 0 fully saturated rings. The van der Waals surface area contributed by atoms with Crippen LogP contribution in [0.3, 0.4) is 0 Å². The van der Waals surface area contributed by atoms with Gasteiger partial charge in [0.25, 0.3) is 0 Å². The van der Waals surface area contributed by atoms with E-state index in [9.17, 15) is 0 Å². The summed E-state index contributed by atoms with van der Waals surface area (Å²) in [4.78, 5) is 8.47. The summed E-state index contributed by atoms with van der Waals surface area (Å²) in [6.07, 6.45) is 4.18. The topological polar surface area (TPSA) is 51.8 Å². The molecular weight excluding hydrogens is 178 g/mol. The van der Waals surface area contributed by atoms with Gasteiger partial charge in [0, 0.05) is 18.5 Å². The molecule has 0 saturated carbocycles. The lowest BCUT2D eigenvalue weighted by Gasteiger charge is -1.99. The predicted octanol–water partition coefficient (Wildman–Crippen LogP) is 2.00. The van der Waals surface area contributed by atoms with Crippen molar-refractivity contribution in [3.8, 4) is 11.5 Å². The first kappa shape index (κ1) is 8.87. The van der Waals surface area contributed by atoms with Crippen LogP contribution in [0, 0.1) is 6.92 Å². The van der Waals surface area contributed by atoms with Crippen LogP contribution in [0.5, 0.6) is 0 Å². The molecule has 0 bridgehead atoms. The maximum absolute atomic E-state index is 5.14. The van der Waals surface area contributed by atoms with E-state index in [1.54, 1.807) is 12.4 Å². The van der Waals surface area contributed by atoms with Crippen LogP contribution in [-0.2, 0) is 6.42 Å². The van der Waals surface area contributed by atoms with Crippen molar-refractivity contribution in [3.05, 3.63) is 29.8 Å². The Kier molecular flexibility index (Phi) is 2.26. The first-order valence-electron chi connectivity index (χ1n) is 4.55. The van der Waals surface area contributed by atoms with Gasteiger partial charge in [-0.1, -0.05) is 12.1 Å². The van der Waals surface area contributed by atoms with Crippen LogP contribution in [0.25, 0.3) is 11.5 Å². The molecule has 2 heterocycles. The lowest BCUT2D eigenvalue weighted by atomic mass is 10.2. The maximum atomic E-state index is 5.14. The minimum Gasteiger partial charge on any atom is -0.354 e. The summed E-state index contributed by atoms with van der Waals surface area (Å²) < 4.78 is 5.14. The summed E-state index contributed by atoms with van der Waals surface area (Å²) >= 11 is 0. The molecule has 4 nitrogen and oxygen atoms in total. The van der Waals surface area contributed by atoms with Crippen molar-refractivity contribution in [3.63, 3.8) is 0 Å². The highest BCUT2D eigenvalue weighted by molar-refractivity contribution is 5.54. The maximum Gasteiger partial charge on any atom is 0.187 e. The Morgan fingerprint density at radius 2 is 2.07 bits per heavy atom. The zero-order valence-corrected chi connectivity index (χ0v) is 8.19. The van der Waals surface area contributed by atoms with E-state index in [0.717, 1.165) is 23.5 Å². The van der Waals surface area contributed by atoms with Gasteiger partial charge in [0.15, 0.2) is 5.76 Å². The summed E-state index contributed by atoms with van der Waals surface area (Å²) in [6, 6.07) is 1.86. The standard InChI is InChI=1S/C10H11N3O/c1-3-8-10(12-5-4-11-8)9-6-7(2)13-14-9/h4-6H,3H2,1-2H3. The van der Waals surface area contributed by atoms with Crippen molar-refractivity contribution in [1.82, 2.24) is 15.1 Å². The van der Waals surface area contributed by atoms with E-state index in [-0.39, 0.29) is 0 Å². The van der Waals surface area contributed by atoms with Crippen LogP contribution < -0.4 is 0 Å². The minimum absolute atomic E-state index is 0.687. The quantitative estimate of drug-likeness (QED) is 0.725. The molecule has 0 aromatic carbocycles. The van der Waals surface area contributed by atoms with E-state index in [1.807, 2.05) is 19.9 Å². The summed E-state index contributed by atoms with van der Waals surface area (Å²) in [7, 11) is 0. The second kappa shape index (κ2) is 3.57. The summed E-state index contributed by atoms with van der Waals surface area (Å²) in [6.45, 7) is 3.92. The molecule has 0 aliphatic heterocycles. The zero-order valence-electron chi connectivity index (χ0n) is 8.19. The number of nitrogens with zero attached hydrogens (tertiary/aromatic N) is 3. The Bertz CT molecular complexity index is 436. The normalized spacial score (nSPS) is 10.4. The van der Waals surface area contributed by atoms with Gasteiger partial charge in [-0.15, -0.1) is 0 Å². The number of aromatic nitrogens is 3. The summed E-state index contributed by atoms with van der Waals surface area (Å²) in [5.41, 5.74) is 2.58. The molecule has 0 amide bonds. The van der Waals surface area contributed by atoms with Gasteiger partial charge < -0.3 is 4.52 Å². The van der Waals surface area contributed by atoms with Gasteiger partial charge in [-0.05, 0) is 13.3 Å². The van der Waals surface area contributed by atoms with E-state index >= 15 is 0 Å². The predicted molar refractivity (Wildman–Crippen MR) is 51.6 cm³/mol. The van der Waals surface area contributed by atoms with Crippen LogP contribution in [0.2, 0.25) is 0 Å². The van der Waals surface area contributed by atoms with Crippen molar-refractivity contribution in [2.45, 2.75) is 20.3 Å². The van der Waals surface area contributed by atoms with Gasteiger partial charge in [0.05, 0.1) is 11.4 Å². The highest BCUT2D eigenvalue weighted by atomic mass is 16.5. The fourth-order valence-corrected chi connectivity index (χ4v) is 1.31. The number of hydrogen-bond donors (Lipinski definition) is 0. The van der Waals surface area contributed by atoms with Crippen LogP contribution in [0.4, 0.5) is 0 Å². The summed E-state index contributed by atoms with van der Waals surface area (Å²) in [5, 5.41) is 3.83. The van der Waals surface area contributed by atoms with Gasteiger partial charge in [0.1, 0.15) is 5.69 Å². The molecule has 0 aliphatic rings. The number of aryl methyl sites for hydroxylation is 2. The van der Waals surface area contributed by atoms with Crippen molar-refractivity contribution >= 4 is 0 Å². The van der Waals surface area contributed by atoms with Gasteiger partial charge in [-0.25, -0.2) is 4.98 Å². The smallest absolute Gasteiger partial charge is 0.187 e. The molecule has 0 N–H and O–H groups in total. The van der Waals surface area contributed by atoms with E-state index < -0.39 is 0 Å². The van der Waals surface area contributed by atoms with Gasteiger partial charge in [-0.3, -0.25) is 4.98 Å².